The number of benzene rings is 2. The lowest BCUT2D eigenvalue weighted by Crippen LogP contribution is -2.48. The topological polar surface area (TPSA) is 102 Å². The van der Waals surface area contributed by atoms with Gasteiger partial charge in [-0.05, 0) is 44.2 Å². The van der Waals surface area contributed by atoms with Gasteiger partial charge < -0.3 is 14.5 Å². The summed E-state index contributed by atoms with van der Waals surface area (Å²) in [5.74, 6) is 0.103. The first-order valence-corrected chi connectivity index (χ1v) is 11.8. The molecule has 10 heteroatoms. The van der Waals surface area contributed by atoms with Crippen LogP contribution in [0.2, 0.25) is 5.02 Å². The lowest BCUT2D eigenvalue weighted by atomic mass is 10.1. The van der Waals surface area contributed by atoms with Crippen molar-refractivity contribution in [3.8, 4) is 11.3 Å². The minimum Gasteiger partial charge on any atom is -0.444 e. The molecule has 32 heavy (non-hydrogen) atoms. The molecule has 1 fully saturated rings. The maximum atomic E-state index is 13.2. The van der Waals surface area contributed by atoms with Crippen molar-refractivity contribution in [3.63, 3.8) is 0 Å². The Kier molecular flexibility index (Phi) is 6.34. The van der Waals surface area contributed by atoms with E-state index < -0.39 is 15.9 Å². The quantitative estimate of drug-likeness (QED) is 0.597. The second-order valence-electron chi connectivity index (χ2n) is 7.63. The third kappa shape index (κ3) is 4.71. The third-order valence-electron chi connectivity index (χ3n) is 5.03. The second kappa shape index (κ2) is 9.03. The van der Waals surface area contributed by atoms with Gasteiger partial charge >= 0.3 is 0 Å². The predicted molar refractivity (Wildman–Crippen MR) is 120 cm³/mol. The lowest BCUT2D eigenvalue weighted by Gasteiger charge is -2.34. The number of oxazole rings is 1. The lowest BCUT2D eigenvalue weighted by molar-refractivity contribution is -0.0440. The monoisotopic (exact) mass is 475 g/mol. The van der Waals surface area contributed by atoms with Crippen LogP contribution in [0.1, 0.15) is 24.2 Å². The zero-order valence-electron chi connectivity index (χ0n) is 17.5. The number of hydrogen-bond acceptors (Lipinski definition) is 6. The number of halogens is 1. The van der Waals surface area contributed by atoms with Gasteiger partial charge in [-0.1, -0.05) is 23.7 Å². The summed E-state index contributed by atoms with van der Waals surface area (Å²) in [5, 5.41) is 2.84. The number of carbonyl (C=O) groups is 1. The summed E-state index contributed by atoms with van der Waals surface area (Å²) in [6.07, 6.45) is 2.42. The minimum absolute atomic E-state index is 0.0562. The van der Waals surface area contributed by atoms with Gasteiger partial charge in [0.15, 0.2) is 12.2 Å². The van der Waals surface area contributed by atoms with E-state index in [9.17, 15) is 13.2 Å². The smallest absolute Gasteiger partial charge is 0.255 e. The van der Waals surface area contributed by atoms with E-state index in [2.05, 4.69) is 10.3 Å². The number of rotatable bonds is 5. The van der Waals surface area contributed by atoms with Gasteiger partial charge in [0.1, 0.15) is 4.90 Å². The predicted octanol–water partition coefficient (Wildman–Crippen LogP) is 4.05. The summed E-state index contributed by atoms with van der Waals surface area (Å²) in [6.45, 7) is 4.06. The van der Waals surface area contributed by atoms with Gasteiger partial charge in [-0.25, -0.2) is 13.4 Å². The number of amides is 1. The zero-order chi connectivity index (χ0) is 22.9. The zero-order valence-corrected chi connectivity index (χ0v) is 19.1. The Morgan fingerprint density at radius 1 is 1.16 bits per heavy atom. The van der Waals surface area contributed by atoms with Gasteiger partial charge in [0.25, 0.3) is 5.91 Å². The molecule has 8 nitrogen and oxygen atoms in total. The maximum Gasteiger partial charge on any atom is 0.255 e. The first kappa shape index (κ1) is 22.5. The van der Waals surface area contributed by atoms with E-state index in [-0.39, 0.29) is 40.8 Å². The van der Waals surface area contributed by atoms with Gasteiger partial charge in [-0.15, -0.1) is 0 Å². The van der Waals surface area contributed by atoms with Crippen LogP contribution in [-0.4, -0.2) is 48.9 Å². The molecule has 1 saturated heterocycles. The Balaban J connectivity index is 1.59. The Morgan fingerprint density at radius 2 is 1.91 bits per heavy atom. The van der Waals surface area contributed by atoms with Crippen molar-refractivity contribution in [1.29, 1.82) is 0 Å². The van der Waals surface area contributed by atoms with Crippen LogP contribution in [0.4, 0.5) is 5.69 Å². The molecular formula is C22H22ClN3O5S. The van der Waals surface area contributed by atoms with E-state index in [0.29, 0.717) is 11.4 Å². The van der Waals surface area contributed by atoms with E-state index in [4.69, 9.17) is 20.8 Å². The fourth-order valence-electron chi connectivity index (χ4n) is 3.62. The molecule has 2 aromatic carbocycles. The molecule has 0 spiro atoms. The minimum atomic E-state index is -3.90. The number of carbonyl (C=O) groups excluding carboxylic acids is 1. The van der Waals surface area contributed by atoms with Crippen LogP contribution in [0.5, 0.6) is 0 Å². The number of sulfonamides is 1. The molecule has 1 amide bonds. The molecule has 1 aliphatic rings. The van der Waals surface area contributed by atoms with Crippen molar-refractivity contribution in [2.75, 3.05) is 18.4 Å². The summed E-state index contributed by atoms with van der Waals surface area (Å²) in [5.41, 5.74) is 1.45. The van der Waals surface area contributed by atoms with Crippen LogP contribution in [0.3, 0.4) is 0 Å². The molecular weight excluding hydrogens is 454 g/mol. The number of ether oxygens (including phenoxy) is 1. The molecule has 2 unspecified atom stereocenters. The molecule has 4 rings (SSSR count). The van der Waals surface area contributed by atoms with Crippen LogP contribution in [0.25, 0.3) is 11.3 Å². The van der Waals surface area contributed by atoms with Gasteiger partial charge in [-0.3, -0.25) is 4.79 Å². The molecule has 1 aliphatic heterocycles. The summed E-state index contributed by atoms with van der Waals surface area (Å²) >= 11 is 6.23. The molecule has 0 radical (unpaired) electrons. The summed E-state index contributed by atoms with van der Waals surface area (Å²) in [6, 6.07) is 11.3. The van der Waals surface area contributed by atoms with E-state index >= 15 is 0 Å². The Hall–Kier alpha value is -2.72. The van der Waals surface area contributed by atoms with Crippen LogP contribution >= 0.6 is 11.6 Å². The van der Waals surface area contributed by atoms with Crippen molar-refractivity contribution in [2.24, 2.45) is 0 Å². The van der Waals surface area contributed by atoms with Gasteiger partial charge in [0.2, 0.25) is 10.0 Å². The van der Waals surface area contributed by atoms with E-state index in [0.717, 1.165) is 5.56 Å². The molecule has 168 valence electrons. The number of anilines is 1. The standard InChI is InChI=1S/C22H22ClN3O5S/c1-14-11-26(12-15(2)31-14)32(28,29)21-9-17(6-7-19(21)23)22(27)25-18-5-3-4-16(8-18)20-10-24-13-30-20/h3-10,13-15H,11-12H2,1-2H3,(H,25,27). The highest BCUT2D eigenvalue weighted by molar-refractivity contribution is 7.89. The van der Waals surface area contributed by atoms with Crippen LogP contribution in [0.15, 0.2) is 64.4 Å². The average Bonchev–Trinajstić information content (AvgIpc) is 3.28. The highest BCUT2D eigenvalue weighted by Crippen LogP contribution is 2.29. The number of nitrogens with zero attached hydrogens (tertiary/aromatic N) is 2. The SMILES string of the molecule is CC1CN(S(=O)(=O)c2cc(C(=O)Nc3cccc(-c4cnco4)c3)ccc2Cl)CC(C)O1. The van der Waals surface area contributed by atoms with Crippen molar-refractivity contribution < 1.29 is 22.4 Å². The number of hydrogen-bond donors (Lipinski definition) is 1. The van der Waals surface area contributed by atoms with Gasteiger partial charge in [0, 0.05) is 29.9 Å². The van der Waals surface area contributed by atoms with Crippen LogP contribution in [0, 0.1) is 0 Å². The van der Waals surface area contributed by atoms with Crippen LogP contribution in [-0.2, 0) is 14.8 Å². The van der Waals surface area contributed by atoms with E-state index in [1.165, 1.54) is 28.9 Å². The van der Waals surface area contributed by atoms with Crippen molar-refractivity contribution in [1.82, 2.24) is 9.29 Å². The fraction of sp³-hybridized carbons (Fsp3) is 0.273. The van der Waals surface area contributed by atoms with Gasteiger partial charge in [-0.2, -0.15) is 4.31 Å². The van der Waals surface area contributed by atoms with E-state index in [1.807, 2.05) is 19.9 Å². The summed E-state index contributed by atoms with van der Waals surface area (Å²) in [4.78, 5) is 16.6. The summed E-state index contributed by atoms with van der Waals surface area (Å²) in [7, 11) is -3.90. The fourth-order valence-corrected chi connectivity index (χ4v) is 5.71. The Morgan fingerprint density at radius 3 is 2.59 bits per heavy atom. The normalized spacial score (nSPS) is 19.6. The Labute approximate surface area is 191 Å². The largest absolute Gasteiger partial charge is 0.444 e. The Bertz CT molecular complexity index is 1220. The molecule has 1 N–H and O–H groups in total. The molecule has 0 saturated carbocycles. The van der Waals surface area contributed by atoms with Crippen molar-refractivity contribution >= 4 is 33.2 Å². The molecule has 2 heterocycles. The molecule has 3 aromatic rings. The maximum absolute atomic E-state index is 13.2. The summed E-state index contributed by atoms with van der Waals surface area (Å²) < 4.78 is 38.7. The third-order valence-corrected chi connectivity index (χ3v) is 7.35. The van der Waals surface area contributed by atoms with Crippen LogP contribution < -0.4 is 5.32 Å². The van der Waals surface area contributed by atoms with Crippen molar-refractivity contribution in [2.45, 2.75) is 31.0 Å². The number of aromatic nitrogens is 1. The van der Waals surface area contributed by atoms with Crippen molar-refractivity contribution in [3.05, 3.63) is 65.6 Å². The number of morpholine rings is 1. The molecule has 0 aliphatic carbocycles. The highest BCUT2D eigenvalue weighted by atomic mass is 35.5. The highest BCUT2D eigenvalue weighted by Gasteiger charge is 2.33. The molecule has 2 atom stereocenters. The first-order chi connectivity index (χ1) is 15.2. The molecule has 1 aromatic heterocycles. The first-order valence-electron chi connectivity index (χ1n) is 9.99. The average molecular weight is 476 g/mol. The van der Waals surface area contributed by atoms with E-state index in [1.54, 1.807) is 24.4 Å². The molecule has 0 bridgehead atoms. The number of nitrogens with one attached hydrogen (secondary N) is 1. The van der Waals surface area contributed by atoms with Gasteiger partial charge in [0.05, 0.1) is 23.4 Å². The second-order valence-corrected chi connectivity index (χ2v) is 9.94.